The van der Waals surface area contributed by atoms with Crippen molar-refractivity contribution < 1.29 is 9.90 Å². The fraction of sp³-hybridized carbons (Fsp3) is 0.933. The van der Waals surface area contributed by atoms with Crippen LogP contribution in [0.2, 0.25) is 0 Å². The van der Waals surface area contributed by atoms with Gasteiger partial charge < -0.3 is 10.4 Å². The molecule has 1 saturated heterocycles. The van der Waals surface area contributed by atoms with Gasteiger partial charge in [-0.2, -0.15) is 0 Å². The maximum atomic E-state index is 11.3. The molecule has 0 aromatic rings. The van der Waals surface area contributed by atoms with Crippen LogP contribution in [-0.4, -0.2) is 47.2 Å². The van der Waals surface area contributed by atoms with Gasteiger partial charge in [-0.15, -0.1) is 0 Å². The number of carbonyl (C=O) groups is 1. The van der Waals surface area contributed by atoms with E-state index in [2.05, 4.69) is 10.2 Å². The van der Waals surface area contributed by atoms with Gasteiger partial charge in [0.2, 0.25) is 0 Å². The third-order valence-electron chi connectivity index (χ3n) is 4.97. The zero-order chi connectivity index (χ0) is 13.2. The smallest absolute Gasteiger partial charge is 0.307 e. The predicted molar refractivity (Wildman–Crippen MR) is 74.1 cm³/mol. The van der Waals surface area contributed by atoms with Gasteiger partial charge >= 0.3 is 5.97 Å². The van der Waals surface area contributed by atoms with Crippen molar-refractivity contribution in [3.05, 3.63) is 0 Å². The lowest BCUT2D eigenvalue weighted by Crippen LogP contribution is -2.54. The molecule has 0 aromatic heterocycles. The summed E-state index contributed by atoms with van der Waals surface area (Å²) in [5.74, 6) is -0.781. The van der Waals surface area contributed by atoms with Crippen molar-refractivity contribution in [2.45, 2.75) is 69.5 Å². The largest absolute Gasteiger partial charge is 0.481 e. The summed E-state index contributed by atoms with van der Waals surface area (Å²) in [5, 5.41) is 13.1. The zero-order valence-electron chi connectivity index (χ0n) is 11.7. The van der Waals surface area contributed by atoms with Crippen LogP contribution in [0.15, 0.2) is 0 Å². The molecule has 0 bridgehead atoms. The number of nitrogens with one attached hydrogen (secondary N) is 1. The number of nitrogens with zero attached hydrogens (tertiary/aromatic N) is 1. The van der Waals surface area contributed by atoms with Crippen molar-refractivity contribution in [1.29, 1.82) is 0 Å². The number of piperidine rings is 1. The number of aliphatic carboxylic acids is 1. The molecule has 4 nitrogen and oxygen atoms in total. The van der Waals surface area contributed by atoms with Crippen LogP contribution in [0.1, 0.15) is 51.4 Å². The van der Waals surface area contributed by atoms with E-state index in [9.17, 15) is 9.90 Å². The molecule has 3 fully saturated rings. The third kappa shape index (κ3) is 3.48. The second-order valence-electron chi connectivity index (χ2n) is 6.65. The summed E-state index contributed by atoms with van der Waals surface area (Å²) >= 11 is 0. The molecule has 4 heteroatoms. The molecule has 2 unspecified atom stereocenters. The molecule has 0 aromatic carbocycles. The van der Waals surface area contributed by atoms with E-state index in [-0.39, 0.29) is 5.92 Å². The zero-order valence-corrected chi connectivity index (χ0v) is 11.7. The minimum Gasteiger partial charge on any atom is -0.481 e. The van der Waals surface area contributed by atoms with Gasteiger partial charge in [0.1, 0.15) is 0 Å². The highest BCUT2D eigenvalue weighted by molar-refractivity contribution is 5.70. The van der Waals surface area contributed by atoms with Crippen molar-refractivity contribution in [2.24, 2.45) is 5.92 Å². The average molecular weight is 266 g/mol. The summed E-state index contributed by atoms with van der Waals surface area (Å²) in [5.41, 5.74) is 0. The number of likely N-dealkylation sites (tertiary alicyclic amines) is 1. The van der Waals surface area contributed by atoms with Crippen LogP contribution < -0.4 is 5.32 Å². The molecule has 0 radical (unpaired) electrons. The molecular formula is C15H26N2O2. The molecule has 2 N–H and O–H groups in total. The molecule has 3 aliphatic rings. The Morgan fingerprint density at radius 2 is 1.74 bits per heavy atom. The van der Waals surface area contributed by atoms with E-state index in [1.807, 2.05) is 0 Å². The van der Waals surface area contributed by atoms with E-state index in [4.69, 9.17) is 0 Å². The standard InChI is InChI=1S/C15H26N2O2/c18-15(19)11-8-13(10-17(9-11)14-6-7-14)16-12-4-2-1-3-5-12/h11-14,16H,1-10H2,(H,18,19). The van der Waals surface area contributed by atoms with Crippen LogP contribution in [0, 0.1) is 5.92 Å². The van der Waals surface area contributed by atoms with E-state index in [1.54, 1.807) is 0 Å². The molecule has 0 amide bonds. The molecule has 0 spiro atoms. The molecular weight excluding hydrogens is 240 g/mol. The lowest BCUT2D eigenvalue weighted by atomic mass is 9.90. The van der Waals surface area contributed by atoms with Gasteiger partial charge in [-0.25, -0.2) is 0 Å². The van der Waals surface area contributed by atoms with E-state index in [0.29, 0.717) is 18.1 Å². The predicted octanol–water partition coefficient (Wildman–Crippen LogP) is 1.85. The molecule has 1 heterocycles. The number of rotatable bonds is 4. The second kappa shape index (κ2) is 5.80. The summed E-state index contributed by atoms with van der Waals surface area (Å²) in [6.07, 6.45) is 9.93. The highest BCUT2D eigenvalue weighted by Gasteiger charge is 2.38. The van der Waals surface area contributed by atoms with Crippen molar-refractivity contribution in [2.75, 3.05) is 13.1 Å². The normalized spacial score (nSPS) is 34.3. The quantitative estimate of drug-likeness (QED) is 0.815. The Kier molecular flexibility index (Phi) is 4.08. The van der Waals surface area contributed by atoms with Crippen LogP contribution in [0.4, 0.5) is 0 Å². The Labute approximate surface area is 115 Å². The SMILES string of the molecule is O=C(O)C1CC(NC2CCCCC2)CN(C2CC2)C1. The Morgan fingerprint density at radius 1 is 1.00 bits per heavy atom. The molecule has 2 aliphatic carbocycles. The van der Waals surface area contributed by atoms with Crippen LogP contribution in [0.5, 0.6) is 0 Å². The summed E-state index contributed by atoms with van der Waals surface area (Å²) < 4.78 is 0. The molecule has 1 aliphatic heterocycles. The topological polar surface area (TPSA) is 52.6 Å². The van der Waals surface area contributed by atoms with Crippen LogP contribution in [0.3, 0.4) is 0 Å². The summed E-state index contributed by atoms with van der Waals surface area (Å²) in [6.45, 7) is 1.83. The van der Waals surface area contributed by atoms with E-state index in [1.165, 1.54) is 44.9 Å². The van der Waals surface area contributed by atoms with Crippen molar-refractivity contribution >= 4 is 5.97 Å². The molecule has 2 atom stereocenters. The Balaban J connectivity index is 1.57. The van der Waals surface area contributed by atoms with Crippen molar-refractivity contribution in [3.63, 3.8) is 0 Å². The first-order valence-corrected chi connectivity index (χ1v) is 7.95. The highest BCUT2D eigenvalue weighted by Crippen LogP contribution is 2.31. The van der Waals surface area contributed by atoms with Gasteiger partial charge in [-0.05, 0) is 32.1 Å². The number of carboxylic acids is 1. The summed E-state index contributed by atoms with van der Waals surface area (Å²) in [6, 6.07) is 1.70. The number of hydrogen-bond acceptors (Lipinski definition) is 3. The van der Waals surface area contributed by atoms with E-state index >= 15 is 0 Å². The molecule has 108 valence electrons. The first-order chi connectivity index (χ1) is 9.22. The van der Waals surface area contributed by atoms with Gasteiger partial charge in [-0.1, -0.05) is 19.3 Å². The number of hydrogen-bond donors (Lipinski definition) is 2. The van der Waals surface area contributed by atoms with Crippen LogP contribution in [-0.2, 0) is 4.79 Å². The second-order valence-corrected chi connectivity index (χ2v) is 6.65. The monoisotopic (exact) mass is 266 g/mol. The van der Waals surface area contributed by atoms with Gasteiger partial charge in [0.25, 0.3) is 0 Å². The maximum Gasteiger partial charge on any atom is 0.307 e. The van der Waals surface area contributed by atoms with Crippen LogP contribution in [0.25, 0.3) is 0 Å². The molecule has 3 rings (SSSR count). The Bertz CT molecular complexity index is 324. The summed E-state index contributed by atoms with van der Waals surface area (Å²) in [7, 11) is 0. The van der Waals surface area contributed by atoms with E-state index < -0.39 is 5.97 Å². The van der Waals surface area contributed by atoms with Crippen molar-refractivity contribution in [3.8, 4) is 0 Å². The first kappa shape index (κ1) is 13.4. The van der Waals surface area contributed by atoms with Gasteiger partial charge in [0.15, 0.2) is 0 Å². The van der Waals surface area contributed by atoms with E-state index in [0.717, 1.165) is 19.5 Å². The highest BCUT2D eigenvalue weighted by atomic mass is 16.4. The van der Waals surface area contributed by atoms with Gasteiger partial charge in [-0.3, -0.25) is 9.69 Å². The third-order valence-corrected chi connectivity index (χ3v) is 4.97. The Morgan fingerprint density at radius 3 is 2.37 bits per heavy atom. The fourth-order valence-electron chi connectivity index (χ4n) is 3.77. The Hall–Kier alpha value is -0.610. The fourth-order valence-corrected chi connectivity index (χ4v) is 3.77. The summed E-state index contributed by atoms with van der Waals surface area (Å²) in [4.78, 5) is 13.7. The maximum absolute atomic E-state index is 11.3. The van der Waals surface area contributed by atoms with Gasteiger partial charge in [0, 0.05) is 31.2 Å². The lowest BCUT2D eigenvalue weighted by Gasteiger charge is -2.39. The first-order valence-electron chi connectivity index (χ1n) is 7.95. The van der Waals surface area contributed by atoms with Crippen LogP contribution >= 0.6 is 0 Å². The van der Waals surface area contributed by atoms with Gasteiger partial charge in [0.05, 0.1) is 5.92 Å². The lowest BCUT2D eigenvalue weighted by molar-refractivity contribution is -0.144. The van der Waals surface area contributed by atoms with Crippen molar-refractivity contribution in [1.82, 2.24) is 10.2 Å². The molecule has 2 saturated carbocycles. The minimum atomic E-state index is -0.610. The minimum absolute atomic E-state index is 0.171. The molecule has 19 heavy (non-hydrogen) atoms. The average Bonchev–Trinajstić information content (AvgIpc) is 3.24. The number of carboxylic acid groups (broad SMARTS) is 1.